The summed E-state index contributed by atoms with van der Waals surface area (Å²) in [6.07, 6.45) is 0. The first-order valence-corrected chi connectivity index (χ1v) is 9.20. The number of hydrogen-bond acceptors (Lipinski definition) is 2. The predicted octanol–water partition coefficient (Wildman–Crippen LogP) is 2.43. The Hall–Kier alpha value is -1.85. The Morgan fingerprint density at radius 1 is 1.08 bits per heavy atom. The van der Waals surface area contributed by atoms with Crippen LogP contribution in [0.15, 0.2) is 53.0 Å². The lowest BCUT2D eigenvalue weighted by Crippen LogP contribution is -3.14. The number of piperazine rings is 1. The number of hydrogen-bond donors (Lipinski definition) is 2. The van der Waals surface area contributed by atoms with Crippen LogP contribution in [0.25, 0.3) is 0 Å². The Morgan fingerprint density at radius 3 is 2.29 bits per heavy atom. The molecule has 3 rings (SSSR count). The minimum Gasteiger partial charge on any atom is -0.360 e. The zero-order chi connectivity index (χ0) is 16.9. The molecule has 0 radical (unpaired) electrons. The van der Waals surface area contributed by atoms with Gasteiger partial charge in [0.15, 0.2) is 0 Å². The highest BCUT2D eigenvalue weighted by Gasteiger charge is 2.18. The molecule has 0 spiro atoms. The zero-order valence-corrected chi connectivity index (χ0v) is 15.5. The molecule has 0 bridgehead atoms. The molecular formula is C19H23BrN3O+. The van der Waals surface area contributed by atoms with Gasteiger partial charge in [-0.25, -0.2) is 0 Å². The second-order valence-electron chi connectivity index (χ2n) is 6.10. The summed E-state index contributed by atoms with van der Waals surface area (Å²) in [5.41, 5.74) is 2.71. The van der Waals surface area contributed by atoms with Gasteiger partial charge in [0.1, 0.15) is 0 Å². The molecule has 1 aliphatic rings. The molecule has 4 nitrogen and oxygen atoms in total. The number of anilines is 2. The fourth-order valence-electron chi connectivity index (χ4n) is 2.99. The van der Waals surface area contributed by atoms with Gasteiger partial charge in [-0.1, -0.05) is 15.9 Å². The van der Waals surface area contributed by atoms with Crippen LogP contribution < -0.4 is 15.1 Å². The van der Waals surface area contributed by atoms with Crippen LogP contribution in [0, 0.1) is 0 Å². The Morgan fingerprint density at radius 2 is 1.71 bits per heavy atom. The third-order valence-electron chi connectivity index (χ3n) is 4.57. The van der Waals surface area contributed by atoms with Crippen LogP contribution in [-0.4, -0.2) is 38.6 Å². The summed E-state index contributed by atoms with van der Waals surface area (Å²) in [6.45, 7) is 8.02. The number of nitrogens with zero attached hydrogens (tertiary/aromatic N) is 1. The van der Waals surface area contributed by atoms with Crippen molar-refractivity contribution in [2.75, 3.05) is 42.9 Å². The van der Waals surface area contributed by atoms with Gasteiger partial charge in [0.2, 0.25) is 0 Å². The van der Waals surface area contributed by atoms with Gasteiger partial charge in [-0.3, -0.25) is 4.79 Å². The van der Waals surface area contributed by atoms with Crippen molar-refractivity contribution in [2.24, 2.45) is 0 Å². The molecule has 126 valence electrons. The van der Waals surface area contributed by atoms with E-state index in [1.807, 2.05) is 36.4 Å². The quantitative estimate of drug-likeness (QED) is 0.843. The third kappa shape index (κ3) is 4.16. The summed E-state index contributed by atoms with van der Waals surface area (Å²) in [5, 5.41) is 2.95. The van der Waals surface area contributed by atoms with Crippen LogP contribution in [0.1, 0.15) is 17.3 Å². The molecule has 5 heteroatoms. The highest BCUT2D eigenvalue weighted by molar-refractivity contribution is 9.10. The van der Waals surface area contributed by atoms with Crippen LogP contribution in [-0.2, 0) is 0 Å². The zero-order valence-electron chi connectivity index (χ0n) is 13.9. The number of halogens is 1. The van der Waals surface area contributed by atoms with Crippen molar-refractivity contribution in [3.8, 4) is 0 Å². The topological polar surface area (TPSA) is 36.8 Å². The number of carbonyl (C=O) groups excluding carboxylic acids is 1. The normalized spacial score (nSPS) is 15.3. The SMILES string of the molecule is CC[NH+]1CCN(c2ccc(NC(=O)c3ccc(Br)cc3)cc2)CC1. The van der Waals surface area contributed by atoms with Gasteiger partial charge in [-0.05, 0) is 55.5 Å². The maximum absolute atomic E-state index is 12.2. The van der Waals surface area contributed by atoms with Gasteiger partial charge in [-0.2, -0.15) is 0 Å². The minimum atomic E-state index is -0.0876. The molecule has 0 aliphatic carbocycles. The van der Waals surface area contributed by atoms with Crippen molar-refractivity contribution in [3.63, 3.8) is 0 Å². The molecule has 1 aliphatic heterocycles. The van der Waals surface area contributed by atoms with Gasteiger partial charge in [0.25, 0.3) is 5.91 Å². The van der Waals surface area contributed by atoms with E-state index in [1.165, 1.54) is 25.3 Å². The monoisotopic (exact) mass is 388 g/mol. The van der Waals surface area contributed by atoms with Gasteiger partial charge < -0.3 is 15.1 Å². The average Bonchev–Trinajstić information content (AvgIpc) is 2.63. The summed E-state index contributed by atoms with van der Waals surface area (Å²) in [6, 6.07) is 15.5. The predicted molar refractivity (Wildman–Crippen MR) is 102 cm³/mol. The number of quaternary nitrogens is 1. The summed E-state index contributed by atoms with van der Waals surface area (Å²) in [7, 11) is 0. The van der Waals surface area contributed by atoms with Crippen molar-refractivity contribution < 1.29 is 9.69 Å². The summed E-state index contributed by atoms with van der Waals surface area (Å²) >= 11 is 3.38. The van der Waals surface area contributed by atoms with Crippen LogP contribution >= 0.6 is 15.9 Å². The molecule has 0 atom stereocenters. The average molecular weight is 389 g/mol. The standard InChI is InChI=1S/C19H22BrN3O/c1-2-22-11-13-23(14-12-22)18-9-7-17(8-10-18)21-19(24)15-3-5-16(20)6-4-15/h3-10H,2,11-14H2,1H3,(H,21,24)/p+1. The smallest absolute Gasteiger partial charge is 0.255 e. The lowest BCUT2D eigenvalue weighted by Gasteiger charge is -2.33. The second-order valence-corrected chi connectivity index (χ2v) is 7.01. The van der Waals surface area contributed by atoms with E-state index in [4.69, 9.17) is 0 Å². The van der Waals surface area contributed by atoms with Crippen molar-refractivity contribution >= 4 is 33.2 Å². The van der Waals surface area contributed by atoms with E-state index >= 15 is 0 Å². The van der Waals surface area contributed by atoms with E-state index in [0.29, 0.717) is 5.56 Å². The molecule has 1 amide bonds. The Labute approximate surface area is 151 Å². The van der Waals surface area contributed by atoms with Gasteiger partial charge in [0, 0.05) is 21.4 Å². The van der Waals surface area contributed by atoms with E-state index in [1.54, 1.807) is 4.90 Å². The second kappa shape index (κ2) is 7.81. The van der Waals surface area contributed by atoms with Gasteiger partial charge in [-0.15, -0.1) is 0 Å². The van der Waals surface area contributed by atoms with Crippen molar-refractivity contribution in [2.45, 2.75) is 6.92 Å². The van der Waals surface area contributed by atoms with E-state index in [0.717, 1.165) is 23.2 Å². The molecule has 1 saturated heterocycles. The van der Waals surface area contributed by atoms with E-state index in [-0.39, 0.29) is 5.91 Å². The third-order valence-corrected chi connectivity index (χ3v) is 5.10. The maximum atomic E-state index is 12.2. The number of amides is 1. The lowest BCUT2D eigenvalue weighted by atomic mass is 10.2. The molecule has 2 aromatic carbocycles. The highest BCUT2D eigenvalue weighted by atomic mass is 79.9. The van der Waals surface area contributed by atoms with Gasteiger partial charge >= 0.3 is 0 Å². The Balaban J connectivity index is 1.60. The molecule has 0 aromatic heterocycles. The molecule has 2 N–H and O–H groups in total. The molecule has 24 heavy (non-hydrogen) atoms. The van der Waals surface area contributed by atoms with Crippen molar-refractivity contribution in [1.29, 1.82) is 0 Å². The molecular weight excluding hydrogens is 366 g/mol. The largest absolute Gasteiger partial charge is 0.360 e. The van der Waals surface area contributed by atoms with Crippen LogP contribution in [0.2, 0.25) is 0 Å². The first-order chi connectivity index (χ1) is 11.7. The number of nitrogens with one attached hydrogen (secondary N) is 2. The van der Waals surface area contributed by atoms with Crippen LogP contribution in [0.5, 0.6) is 0 Å². The summed E-state index contributed by atoms with van der Waals surface area (Å²) in [5.74, 6) is -0.0876. The first-order valence-electron chi connectivity index (χ1n) is 8.41. The Kier molecular flexibility index (Phi) is 5.53. The van der Waals surface area contributed by atoms with E-state index < -0.39 is 0 Å². The lowest BCUT2D eigenvalue weighted by molar-refractivity contribution is -0.898. The number of rotatable bonds is 4. The van der Waals surface area contributed by atoms with Crippen LogP contribution in [0.4, 0.5) is 11.4 Å². The number of benzene rings is 2. The molecule has 0 saturated carbocycles. The summed E-state index contributed by atoms with van der Waals surface area (Å²) < 4.78 is 0.966. The Bertz CT molecular complexity index is 677. The fraction of sp³-hybridized carbons (Fsp3) is 0.316. The summed E-state index contributed by atoms with van der Waals surface area (Å²) in [4.78, 5) is 16.3. The number of likely N-dealkylation sites (N-methyl/N-ethyl adjacent to an activating group) is 1. The minimum absolute atomic E-state index is 0.0876. The van der Waals surface area contributed by atoms with E-state index in [2.05, 4.69) is 45.2 Å². The highest BCUT2D eigenvalue weighted by Crippen LogP contribution is 2.19. The number of carbonyl (C=O) groups is 1. The van der Waals surface area contributed by atoms with Gasteiger partial charge in [0.05, 0.1) is 32.7 Å². The van der Waals surface area contributed by atoms with E-state index in [9.17, 15) is 4.79 Å². The molecule has 1 heterocycles. The molecule has 2 aromatic rings. The molecule has 1 fully saturated rings. The first kappa shape index (κ1) is 17.0. The maximum Gasteiger partial charge on any atom is 0.255 e. The fourth-order valence-corrected chi connectivity index (χ4v) is 3.26. The molecule has 0 unspecified atom stereocenters. The van der Waals surface area contributed by atoms with Crippen LogP contribution in [0.3, 0.4) is 0 Å². The van der Waals surface area contributed by atoms with Crippen molar-refractivity contribution in [3.05, 3.63) is 58.6 Å². The van der Waals surface area contributed by atoms with Crippen molar-refractivity contribution in [1.82, 2.24) is 0 Å².